The van der Waals surface area contributed by atoms with Crippen LogP contribution in [-0.2, 0) is 5.60 Å². The number of aromatic hydroxyl groups is 3. The third-order valence-electron chi connectivity index (χ3n) is 11.0. The molecule has 4 bridgehead atoms. The van der Waals surface area contributed by atoms with Crippen LogP contribution in [-0.4, -0.2) is 81.8 Å². The molecule has 0 unspecified atom stereocenters. The average Bonchev–Trinajstić information content (AvgIpc) is 3.09. The van der Waals surface area contributed by atoms with Crippen molar-refractivity contribution in [2.45, 2.75) is 73.7 Å². The van der Waals surface area contributed by atoms with Crippen LogP contribution in [0.25, 0.3) is 11.1 Å². The van der Waals surface area contributed by atoms with Gasteiger partial charge in [0, 0.05) is 45.6 Å². The Morgan fingerprint density at radius 1 is 0.939 bits per heavy atom. The molecule has 0 saturated heterocycles. The minimum atomic E-state index is -1.45. The summed E-state index contributed by atoms with van der Waals surface area (Å²) in [6.07, 6.45) is 2.61. The van der Waals surface area contributed by atoms with Gasteiger partial charge in [-0.2, -0.15) is 0 Å². The largest absolute Gasteiger partial charge is 0.508 e. The van der Waals surface area contributed by atoms with E-state index in [4.69, 9.17) is 18.9 Å². The normalized spacial score (nSPS) is 28.7. The average molecular weight is 713 g/mol. The van der Waals surface area contributed by atoms with E-state index in [2.05, 4.69) is 6.92 Å². The summed E-state index contributed by atoms with van der Waals surface area (Å²) in [5.74, 6) is 0.648. The van der Waals surface area contributed by atoms with Crippen molar-refractivity contribution >= 4 is 21.6 Å². The van der Waals surface area contributed by atoms with Crippen LogP contribution in [0.2, 0.25) is 0 Å². The van der Waals surface area contributed by atoms with Crippen LogP contribution in [0.1, 0.15) is 79.0 Å². The highest BCUT2D eigenvalue weighted by Gasteiger charge is 2.59. The summed E-state index contributed by atoms with van der Waals surface area (Å²) in [4.78, 5) is 0. The summed E-state index contributed by atoms with van der Waals surface area (Å²) in [6, 6.07) is 8.65. The molecule has 2 aliphatic carbocycles. The van der Waals surface area contributed by atoms with E-state index in [0.29, 0.717) is 30.3 Å². The maximum absolute atomic E-state index is 12.7. The molecule has 4 aliphatic rings. The van der Waals surface area contributed by atoms with Crippen molar-refractivity contribution in [3.63, 3.8) is 0 Å². The van der Waals surface area contributed by atoms with Crippen molar-refractivity contribution in [3.8, 4) is 51.4 Å². The zero-order valence-electron chi connectivity index (χ0n) is 27.8. The van der Waals surface area contributed by atoms with Crippen molar-refractivity contribution in [2.24, 2.45) is 5.92 Å². The summed E-state index contributed by atoms with van der Waals surface area (Å²) in [7, 11) is 6.32. The van der Waals surface area contributed by atoms with Gasteiger partial charge in [-0.25, -0.2) is 0 Å². The first-order chi connectivity index (χ1) is 23.7. The number of hydrogen-bond donors (Lipinski definition) is 6. The molecule has 2 aliphatic heterocycles. The molecular formula is C37H44O10S2. The summed E-state index contributed by atoms with van der Waals surface area (Å²) >= 11 is 0. The summed E-state index contributed by atoms with van der Waals surface area (Å²) in [5, 5.41) is 66.8. The number of benzene rings is 3. The Labute approximate surface area is 293 Å². The predicted molar refractivity (Wildman–Crippen MR) is 189 cm³/mol. The standard InChI is InChI=1S/C37H44O10S2/c1-18-4-6-20-22-14-19(40)5-7-21(22)29-25(46-12-11-38)16-26-31(30(29)23(20)17-39)32-28(49-48-13-9-18)8-10-37(47-26,36(32)43)24-15-27(44-2)34(42)35(45-3)33(24)41/h5,7,14-16,18,20,23,28,32,36,38-43H,4,6,8-13,17H2,1-3H3/t18-,20-,23-,28-,32-,36+,37-/m0/s1. The lowest BCUT2D eigenvalue weighted by atomic mass is 9.62. The summed E-state index contributed by atoms with van der Waals surface area (Å²) in [5.41, 5.74) is 3.02. The number of methoxy groups -OCH3 is 2. The number of aliphatic hydroxyl groups is 3. The lowest BCUT2D eigenvalue weighted by Gasteiger charge is -2.54. The molecule has 3 aromatic carbocycles. The van der Waals surface area contributed by atoms with Gasteiger partial charge in [0.1, 0.15) is 30.0 Å². The van der Waals surface area contributed by atoms with Crippen molar-refractivity contribution < 1.29 is 49.6 Å². The first-order valence-corrected chi connectivity index (χ1v) is 19.3. The molecule has 2 heterocycles. The van der Waals surface area contributed by atoms with Gasteiger partial charge in [0.2, 0.25) is 11.5 Å². The van der Waals surface area contributed by atoms with E-state index in [1.165, 1.54) is 20.3 Å². The number of hydrogen-bond acceptors (Lipinski definition) is 12. The molecule has 3 aromatic rings. The van der Waals surface area contributed by atoms with Gasteiger partial charge in [0.05, 0.1) is 27.4 Å². The van der Waals surface area contributed by atoms with Gasteiger partial charge in [-0.15, -0.1) is 0 Å². The van der Waals surface area contributed by atoms with Crippen LogP contribution in [0, 0.1) is 5.92 Å². The quantitative estimate of drug-likeness (QED) is 0.156. The minimum absolute atomic E-state index is 0.0167. The summed E-state index contributed by atoms with van der Waals surface area (Å²) in [6.45, 7) is 1.88. The van der Waals surface area contributed by atoms with Crippen molar-refractivity contribution in [1.29, 1.82) is 0 Å². The molecule has 6 N–H and O–H groups in total. The molecule has 12 heteroatoms. The maximum atomic E-state index is 12.7. The van der Waals surface area contributed by atoms with E-state index < -0.39 is 23.5 Å². The van der Waals surface area contributed by atoms with Crippen LogP contribution in [0.3, 0.4) is 0 Å². The number of phenols is 3. The summed E-state index contributed by atoms with van der Waals surface area (Å²) < 4.78 is 24.1. The van der Waals surface area contributed by atoms with Gasteiger partial charge in [-0.05, 0) is 72.4 Å². The second-order valence-electron chi connectivity index (χ2n) is 13.6. The van der Waals surface area contributed by atoms with Gasteiger partial charge < -0.3 is 49.6 Å². The molecule has 1 fully saturated rings. The molecule has 7 atom stereocenters. The third kappa shape index (κ3) is 5.45. The number of ether oxygens (including phenoxy) is 4. The van der Waals surface area contributed by atoms with Crippen LogP contribution in [0.15, 0.2) is 30.3 Å². The Morgan fingerprint density at radius 2 is 1.76 bits per heavy atom. The lowest BCUT2D eigenvalue weighted by molar-refractivity contribution is -0.112. The zero-order chi connectivity index (χ0) is 34.6. The number of rotatable bonds is 7. The number of phenolic OH excluding ortho intramolecular Hbond substituents is 3. The molecule has 49 heavy (non-hydrogen) atoms. The zero-order valence-corrected chi connectivity index (χ0v) is 29.5. The smallest absolute Gasteiger partial charge is 0.207 e. The number of fused-ring (bicyclic) bond motifs is 5. The van der Waals surface area contributed by atoms with E-state index in [0.717, 1.165) is 52.8 Å². The molecule has 10 nitrogen and oxygen atoms in total. The highest BCUT2D eigenvalue weighted by Crippen LogP contribution is 2.65. The molecule has 1 saturated carbocycles. The molecule has 7 rings (SSSR count). The van der Waals surface area contributed by atoms with Gasteiger partial charge in [0.15, 0.2) is 17.1 Å². The Balaban J connectivity index is 1.54. The van der Waals surface area contributed by atoms with E-state index in [1.807, 2.05) is 16.9 Å². The topological polar surface area (TPSA) is 158 Å². The second-order valence-corrected chi connectivity index (χ2v) is 16.3. The van der Waals surface area contributed by atoms with Crippen molar-refractivity contribution in [1.82, 2.24) is 0 Å². The van der Waals surface area contributed by atoms with Gasteiger partial charge in [-0.3, -0.25) is 0 Å². The lowest BCUT2D eigenvalue weighted by Crippen LogP contribution is -2.57. The third-order valence-corrected chi connectivity index (χ3v) is 14.0. The van der Waals surface area contributed by atoms with Gasteiger partial charge in [0.25, 0.3) is 0 Å². The van der Waals surface area contributed by atoms with E-state index in [9.17, 15) is 30.6 Å². The first-order valence-electron chi connectivity index (χ1n) is 16.9. The second kappa shape index (κ2) is 13.5. The van der Waals surface area contributed by atoms with Crippen LogP contribution in [0.5, 0.6) is 40.2 Å². The van der Waals surface area contributed by atoms with Gasteiger partial charge >= 0.3 is 0 Å². The molecular weight excluding hydrogens is 669 g/mol. The van der Waals surface area contributed by atoms with E-state index in [-0.39, 0.29) is 65.3 Å². The fourth-order valence-corrected chi connectivity index (χ4v) is 11.8. The minimum Gasteiger partial charge on any atom is -0.508 e. The van der Waals surface area contributed by atoms with E-state index in [1.54, 1.807) is 29.0 Å². The first kappa shape index (κ1) is 34.3. The van der Waals surface area contributed by atoms with Crippen LogP contribution in [0.4, 0.5) is 0 Å². The van der Waals surface area contributed by atoms with Crippen molar-refractivity contribution in [3.05, 3.63) is 52.6 Å². The SMILES string of the molecule is COc1cc([C@@]23CC[C@@H]4SSCC[C@@H](C)CC[C@H]5c6cc(O)ccc6-c6c(OCCO)cc(c(c6[C@H]5CO)[C@H]4[C@H]2O)O3)c(O)c(OC)c1O. The molecule has 0 radical (unpaired) electrons. The fraction of sp³-hybridized carbons (Fsp3) is 0.514. The molecule has 0 amide bonds. The van der Waals surface area contributed by atoms with E-state index >= 15 is 0 Å². The maximum Gasteiger partial charge on any atom is 0.207 e. The van der Waals surface area contributed by atoms with Gasteiger partial charge in [-0.1, -0.05) is 41.0 Å². The predicted octanol–water partition coefficient (Wildman–Crippen LogP) is 6.13. The monoisotopic (exact) mass is 712 g/mol. The number of aliphatic hydroxyl groups excluding tert-OH is 3. The Hall–Kier alpha value is -3.16. The van der Waals surface area contributed by atoms with Crippen molar-refractivity contribution in [2.75, 3.05) is 39.8 Å². The molecule has 0 spiro atoms. The van der Waals surface area contributed by atoms with Crippen LogP contribution >= 0.6 is 21.6 Å². The Morgan fingerprint density at radius 3 is 2.49 bits per heavy atom. The highest BCUT2D eigenvalue weighted by molar-refractivity contribution is 8.76. The Bertz CT molecular complexity index is 1730. The highest BCUT2D eigenvalue weighted by atomic mass is 33.1. The van der Waals surface area contributed by atoms with Crippen LogP contribution < -0.4 is 18.9 Å². The Kier molecular flexibility index (Phi) is 9.46. The molecule has 0 aromatic heterocycles. The molecule has 264 valence electrons. The fourth-order valence-electron chi connectivity index (χ4n) is 8.67.